The van der Waals surface area contributed by atoms with Gasteiger partial charge in [-0.15, -0.1) is 0 Å². The van der Waals surface area contributed by atoms with Gasteiger partial charge in [0.25, 0.3) is 0 Å². The first-order valence-electron chi connectivity index (χ1n) is 6.57. The maximum absolute atomic E-state index is 6.22. The number of nitrogens with one attached hydrogen (secondary N) is 1. The van der Waals surface area contributed by atoms with Crippen molar-refractivity contribution < 1.29 is 0 Å². The van der Waals surface area contributed by atoms with Crippen LogP contribution in [-0.4, -0.2) is 16.3 Å². The number of nitrogens with zero attached hydrogens (tertiary/aromatic N) is 2. The van der Waals surface area contributed by atoms with Crippen LogP contribution in [0.3, 0.4) is 0 Å². The van der Waals surface area contributed by atoms with Crippen molar-refractivity contribution in [2.45, 2.75) is 26.3 Å². The summed E-state index contributed by atoms with van der Waals surface area (Å²) in [6, 6.07) is 6.55. The highest BCUT2D eigenvalue weighted by molar-refractivity contribution is 6.31. The minimum atomic E-state index is 0.271. The largest absolute Gasteiger partial charge is 0.310 e. The van der Waals surface area contributed by atoms with E-state index in [0.29, 0.717) is 0 Å². The normalized spacial score (nSPS) is 12.6. The van der Waals surface area contributed by atoms with E-state index < -0.39 is 0 Å². The lowest BCUT2D eigenvalue weighted by molar-refractivity contribution is 0.549. The summed E-state index contributed by atoms with van der Waals surface area (Å²) < 4.78 is 1.83. The van der Waals surface area contributed by atoms with E-state index in [4.69, 9.17) is 11.6 Å². The number of halogens is 1. The molecule has 0 aliphatic heterocycles. The summed E-state index contributed by atoms with van der Waals surface area (Å²) >= 11 is 6.22. The van der Waals surface area contributed by atoms with E-state index >= 15 is 0 Å². The van der Waals surface area contributed by atoms with Crippen LogP contribution in [0.1, 0.15) is 29.7 Å². The molecule has 1 aromatic heterocycles. The van der Waals surface area contributed by atoms with E-state index in [0.717, 1.165) is 23.6 Å². The van der Waals surface area contributed by atoms with Crippen LogP contribution < -0.4 is 5.32 Å². The predicted molar refractivity (Wildman–Crippen MR) is 79.5 cm³/mol. The fourth-order valence-corrected chi connectivity index (χ4v) is 2.38. The van der Waals surface area contributed by atoms with Crippen LogP contribution in [0.15, 0.2) is 30.6 Å². The third kappa shape index (κ3) is 3.58. The zero-order valence-corrected chi connectivity index (χ0v) is 12.4. The Hall–Kier alpha value is -1.32. The summed E-state index contributed by atoms with van der Waals surface area (Å²) in [6.07, 6.45) is 4.89. The van der Waals surface area contributed by atoms with Crippen molar-refractivity contribution in [3.8, 4) is 0 Å². The first kappa shape index (κ1) is 14.1. The van der Waals surface area contributed by atoms with Gasteiger partial charge in [0.2, 0.25) is 0 Å². The summed E-state index contributed by atoms with van der Waals surface area (Å²) in [5, 5.41) is 8.55. The van der Waals surface area contributed by atoms with Crippen LogP contribution in [0.25, 0.3) is 0 Å². The van der Waals surface area contributed by atoms with Gasteiger partial charge in [0.15, 0.2) is 0 Å². The van der Waals surface area contributed by atoms with Crippen LogP contribution in [0.2, 0.25) is 5.02 Å². The molecule has 3 nitrogen and oxygen atoms in total. The van der Waals surface area contributed by atoms with E-state index in [1.807, 2.05) is 24.9 Å². The summed E-state index contributed by atoms with van der Waals surface area (Å²) in [5.41, 5.74) is 3.56. The molecular weight excluding hydrogens is 258 g/mol. The third-order valence-corrected chi connectivity index (χ3v) is 3.65. The second-order valence-electron chi connectivity index (χ2n) is 4.85. The zero-order valence-electron chi connectivity index (χ0n) is 11.7. The lowest BCUT2D eigenvalue weighted by Crippen LogP contribution is -2.22. The Labute approximate surface area is 119 Å². The summed E-state index contributed by atoms with van der Waals surface area (Å²) in [6.45, 7) is 5.07. The second-order valence-corrected chi connectivity index (χ2v) is 5.25. The average Bonchev–Trinajstić information content (AvgIpc) is 2.78. The maximum Gasteiger partial charge on any atom is 0.0522 e. The Morgan fingerprint density at radius 1 is 1.42 bits per heavy atom. The van der Waals surface area contributed by atoms with Crippen molar-refractivity contribution in [3.63, 3.8) is 0 Å². The smallest absolute Gasteiger partial charge is 0.0522 e. The number of rotatable bonds is 5. The summed E-state index contributed by atoms with van der Waals surface area (Å²) in [5.74, 6) is 0. The van der Waals surface area contributed by atoms with Gasteiger partial charge in [0.1, 0.15) is 0 Å². The molecule has 4 heteroatoms. The van der Waals surface area contributed by atoms with Gasteiger partial charge >= 0.3 is 0 Å². The van der Waals surface area contributed by atoms with E-state index in [1.165, 1.54) is 11.1 Å². The van der Waals surface area contributed by atoms with Crippen LogP contribution in [0.4, 0.5) is 0 Å². The fraction of sp³-hybridized carbons (Fsp3) is 0.400. The molecule has 0 bridgehead atoms. The van der Waals surface area contributed by atoms with Crippen LogP contribution >= 0.6 is 11.6 Å². The lowest BCUT2D eigenvalue weighted by atomic mass is 9.99. The molecule has 102 valence electrons. The summed E-state index contributed by atoms with van der Waals surface area (Å²) in [7, 11) is 1.94. The van der Waals surface area contributed by atoms with Gasteiger partial charge in [0, 0.05) is 24.3 Å². The molecule has 0 saturated carbocycles. The van der Waals surface area contributed by atoms with Crippen molar-refractivity contribution in [3.05, 3.63) is 52.3 Å². The molecule has 1 atom stereocenters. The monoisotopic (exact) mass is 277 g/mol. The summed E-state index contributed by atoms with van der Waals surface area (Å²) in [4.78, 5) is 0. The Morgan fingerprint density at radius 3 is 2.79 bits per heavy atom. The number of aromatic nitrogens is 2. The van der Waals surface area contributed by atoms with E-state index in [9.17, 15) is 0 Å². The van der Waals surface area contributed by atoms with Crippen molar-refractivity contribution >= 4 is 11.6 Å². The van der Waals surface area contributed by atoms with Gasteiger partial charge in [-0.2, -0.15) is 5.10 Å². The van der Waals surface area contributed by atoms with Crippen molar-refractivity contribution in [1.82, 2.24) is 15.1 Å². The number of hydrogen-bond donors (Lipinski definition) is 1. The van der Waals surface area contributed by atoms with Gasteiger partial charge in [-0.1, -0.05) is 30.7 Å². The van der Waals surface area contributed by atoms with Crippen molar-refractivity contribution in [2.75, 3.05) is 6.54 Å². The van der Waals surface area contributed by atoms with Gasteiger partial charge in [-0.05, 0) is 42.6 Å². The molecule has 2 rings (SSSR count). The zero-order chi connectivity index (χ0) is 13.8. The van der Waals surface area contributed by atoms with Gasteiger partial charge in [-0.3, -0.25) is 4.68 Å². The van der Waals surface area contributed by atoms with E-state index in [1.54, 1.807) is 0 Å². The molecule has 19 heavy (non-hydrogen) atoms. The Balaban J connectivity index is 2.21. The van der Waals surface area contributed by atoms with E-state index in [-0.39, 0.29) is 6.04 Å². The molecule has 1 N–H and O–H groups in total. The third-order valence-electron chi connectivity index (χ3n) is 3.25. The van der Waals surface area contributed by atoms with Crippen LogP contribution in [0, 0.1) is 6.92 Å². The Morgan fingerprint density at radius 2 is 2.21 bits per heavy atom. The maximum atomic E-state index is 6.22. The number of likely N-dealkylation sites (N-methyl/N-ethyl adjacent to an activating group) is 1. The van der Waals surface area contributed by atoms with Crippen LogP contribution in [0.5, 0.6) is 0 Å². The minimum absolute atomic E-state index is 0.271. The van der Waals surface area contributed by atoms with E-state index in [2.05, 4.69) is 41.7 Å². The predicted octanol–water partition coefficient (Wildman–Crippen LogP) is 3.28. The molecule has 1 heterocycles. The number of benzene rings is 1. The molecule has 1 unspecified atom stereocenters. The standard InChI is InChI=1S/C15H20ClN3/c1-4-17-15(7-12-9-18-19(3)10-12)13-6-5-11(2)14(16)8-13/h5-6,8-10,15,17H,4,7H2,1-3H3. The highest BCUT2D eigenvalue weighted by Crippen LogP contribution is 2.23. The Bertz CT molecular complexity index is 548. The minimum Gasteiger partial charge on any atom is -0.310 e. The molecule has 1 aromatic carbocycles. The highest BCUT2D eigenvalue weighted by atomic mass is 35.5. The molecule has 0 radical (unpaired) electrons. The quantitative estimate of drug-likeness (QED) is 0.909. The van der Waals surface area contributed by atoms with Gasteiger partial charge in [0.05, 0.1) is 6.20 Å². The molecule has 0 aliphatic rings. The van der Waals surface area contributed by atoms with Crippen molar-refractivity contribution in [1.29, 1.82) is 0 Å². The van der Waals surface area contributed by atoms with Gasteiger partial charge < -0.3 is 5.32 Å². The molecular formula is C15H20ClN3. The lowest BCUT2D eigenvalue weighted by Gasteiger charge is -2.18. The molecule has 2 aromatic rings. The number of aryl methyl sites for hydroxylation is 2. The van der Waals surface area contributed by atoms with Gasteiger partial charge in [-0.25, -0.2) is 0 Å². The molecule has 0 saturated heterocycles. The SMILES string of the molecule is CCNC(Cc1cnn(C)c1)c1ccc(C)c(Cl)c1. The fourth-order valence-electron chi connectivity index (χ4n) is 2.19. The highest BCUT2D eigenvalue weighted by Gasteiger charge is 2.13. The Kier molecular flexibility index (Phi) is 4.61. The first-order chi connectivity index (χ1) is 9.10. The molecule has 0 spiro atoms. The molecule has 0 aliphatic carbocycles. The van der Waals surface area contributed by atoms with Crippen molar-refractivity contribution in [2.24, 2.45) is 7.05 Å². The first-order valence-corrected chi connectivity index (χ1v) is 6.95. The average molecular weight is 278 g/mol. The second kappa shape index (κ2) is 6.22. The number of hydrogen-bond acceptors (Lipinski definition) is 2. The molecule has 0 amide bonds. The topological polar surface area (TPSA) is 29.9 Å². The van der Waals surface area contributed by atoms with Crippen LogP contribution in [-0.2, 0) is 13.5 Å². The molecule has 0 fully saturated rings.